The summed E-state index contributed by atoms with van der Waals surface area (Å²) in [5, 5.41) is 40.1. The number of carbonyl (C=O) groups is 3. The second kappa shape index (κ2) is 51.3. The van der Waals surface area contributed by atoms with Gasteiger partial charge in [-0.1, -0.05) is 296 Å². The Morgan fingerprint density at radius 1 is 0.375 bits per heavy atom. The highest BCUT2D eigenvalue weighted by Crippen LogP contribution is 2.24. The first-order chi connectivity index (χ1) is 35.2. The molecule has 0 amide bonds. The van der Waals surface area contributed by atoms with E-state index >= 15 is 0 Å². The number of rotatable bonds is 55. The summed E-state index contributed by atoms with van der Waals surface area (Å²) in [5.41, 5.74) is 0. The van der Waals surface area contributed by atoms with E-state index in [0.717, 1.165) is 38.5 Å². The van der Waals surface area contributed by atoms with E-state index in [9.17, 15) is 34.8 Å². The molecule has 11 nitrogen and oxygen atoms in total. The van der Waals surface area contributed by atoms with E-state index < -0.39 is 54.7 Å². The first kappa shape index (κ1) is 68.2. The number of aliphatic hydroxyl groups is 3. The Hall–Kier alpha value is -1.79. The fourth-order valence-corrected chi connectivity index (χ4v) is 10.1. The van der Waals surface area contributed by atoms with Gasteiger partial charge in [0.2, 0.25) is 0 Å². The summed E-state index contributed by atoms with van der Waals surface area (Å²) in [6.45, 7) is 3.90. The van der Waals surface area contributed by atoms with E-state index in [1.165, 1.54) is 244 Å². The van der Waals surface area contributed by atoms with Crippen molar-refractivity contribution in [3.05, 3.63) is 0 Å². The van der Waals surface area contributed by atoms with Gasteiger partial charge in [-0.05, 0) is 12.8 Å². The van der Waals surface area contributed by atoms with Crippen LogP contribution in [-0.2, 0) is 33.3 Å². The molecule has 72 heavy (non-hydrogen) atoms. The molecule has 4 N–H and O–H groups in total. The number of unbranched alkanes of at least 4 members (excludes halogenated alkanes) is 44. The van der Waals surface area contributed by atoms with E-state index in [1.807, 2.05) is 0 Å². The Bertz CT molecular complexity index is 1200. The van der Waals surface area contributed by atoms with Crippen LogP contribution >= 0.6 is 0 Å². The van der Waals surface area contributed by atoms with Crippen molar-refractivity contribution >= 4 is 17.9 Å². The minimum atomic E-state index is -1.86. The molecule has 0 aromatic carbocycles. The van der Waals surface area contributed by atoms with Gasteiger partial charge >= 0.3 is 17.9 Å². The number of carboxylic acid groups (broad SMARTS) is 1. The molecule has 1 aliphatic heterocycles. The third kappa shape index (κ3) is 41.5. The van der Waals surface area contributed by atoms with Crippen molar-refractivity contribution in [1.29, 1.82) is 0 Å². The van der Waals surface area contributed by atoms with Crippen molar-refractivity contribution in [2.45, 2.75) is 359 Å². The Balaban J connectivity index is 2.18. The lowest BCUT2D eigenvalue weighted by atomic mass is 9.99. The van der Waals surface area contributed by atoms with Crippen LogP contribution in [0.25, 0.3) is 0 Å². The van der Waals surface area contributed by atoms with Crippen molar-refractivity contribution in [2.24, 2.45) is 0 Å². The van der Waals surface area contributed by atoms with Crippen molar-refractivity contribution in [2.75, 3.05) is 13.2 Å². The van der Waals surface area contributed by atoms with Gasteiger partial charge in [0.15, 0.2) is 18.5 Å². The van der Waals surface area contributed by atoms with E-state index in [-0.39, 0.29) is 26.1 Å². The summed E-state index contributed by atoms with van der Waals surface area (Å²) < 4.78 is 22.0. The average molecular weight is 1030 g/mol. The maximum Gasteiger partial charge on any atom is 0.335 e. The second-order valence-corrected chi connectivity index (χ2v) is 21.9. The van der Waals surface area contributed by atoms with Crippen LogP contribution in [0.4, 0.5) is 0 Å². The molecule has 0 aliphatic carbocycles. The molecule has 6 atom stereocenters. The number of esters is 2. The van der Waals surface area contributed by atoms with Gasteiger partial charge in [0, 0.05) is 12.8 Å². The van der Waals surface area contributed by atoms with Crippen LogP contribution in [-0.4, -0.2) is 88.4 Å². The average Bonchev–Trinajstić information content (AvgIpc) is 3.37. The molecule has 1 heterocycles. The smallest absolute Gasteiger partial charge is 0.335 e. The lowest BCUT2D eigenvalue weighted by Crippen LogP contribution is -2.60. The topological polar surface area (TPSA) is 169 Å². The van der Waals surface area contributed by atoms with Crippen LogP contribution in [0.5, 0.6) is 0 Å². The molecule has 426 valence electrons. The largest absolute Gasteiger partial charge is 0.479 e. The number of carbonyl (C=O) groups excluding carboxylic acids is 2. The number of aliphatic carboxylic acids is 1. The molecule has 0 radical (unpaired) electrons. The molecule has 11 heteroatoms. The second-order valence-electron chi connectivity index (χ2n) is 21.9. The highest BCUT2D eigenvalue weighted by molar-refractivity contribution is 5.73. The molecule has 1 saturated heterocycles. The van der Waals surface area contributed by atoms with Crippen LogP contribution in [0.2, 0.25) is 0 Å². The highest BCUT2D eigenvalue weighted by atomic mass is 16.7. The Labute approximate surface area is 442 Å². The minimum Gasteiger partial charge on any atom is -0.479 e. The van der Waals surface area contributed by atoms with Gasteiger partial charge in [-0.15, -0.1) is 0 Å². The molecular formula is C61H116O11. The van der Waals surface area contributed by atoms with Gasteiger partial charge < -0.3 is 39.4 Å². The normalized spacial score (nSPS) is 18.4. The van der Waals surface area contributed by atoms with E-state index in [0.29, 0.717) is 12.8 Å². The van der Waals surface area contributed by atoms with Crippen LogP contribution in [0, 0.1) is 0 Å². The highest BCUT2D eigenvalue weighted by Gasteiger charge is 2.47. The molecule has 0 aromatic rings. The van der Waals surface area contributed by atoms with Crippen LogP contribution in [0.3, 0.4) is 0 Å². The summed E-state index contributed by atoms with van der Waals surface area (Å²) in [6.07, 6.45) is 50.3. The Morgan fingerprint density at radius 2 is 0.653 bits per heavy atom. The fourth-order valence-electron chi connectivity index (χ4n) is 10.1. The first-order valence-corrected chi connectivity index (χ1v) is 31.1. The molecule has 0 bridgehead atoms. The third-order valence-electron chi connectivity index (χ3n) is 15.0. The third-order valence-corrected chi connectivity index (χ3v) is 15.0. The summed E-state index contributed by atoms with van der Waals surface area (Å²) in [7, 11) is 0. The quantitative estimate of drug-likeness (QED) is 0.0338. The van der Waals surface area contributed by atoms with Gasteiger partial charge in [-0.3, -0.25) is 9.59 Å². The van der Waals surface area contributed by atoms with Gasteiger partial charge in [-0.25, -0.2) is 4.79 Å². The maximum absolute atomic E-state index is 12.9. The van der Waals surface area contributed by atoms with Crippen molar-refractivity contribution in [3.8, 4) is 0 Å². The Kier molecular flexibility index (Phi) is 48.6. The lowest BCUT2D eigenvalue weighted by Gasteiger charge is -2.38. The summed E-state index contributed by atoms with van der Waals surface area (Å²) in [5.74, 6) is -2.41. The standard InChI is InChI=1S/C61H116O11/c1-3-5-7-9-11-13-15-17-19-21-23-25-27-28-30-31-33-35-37-39-41-43-45-47-49-54(62)69-51-53(52-70-61-58(66)56(64)57(65)59(72-61)60(67)68)71-55(63)50-48-46-44-42-40-38-36-34-32-29-26-24-22-20-18-16-14-12-10-8-6-4-2/h53,56-59,61,64-66H,3-52H2,1-2H3,(H,67,68). The van der Waals surface area contributed by atoms with Gasteiger partial charge in [0.1, 0.15) is 24.9 Å². The van der Waals surface area contributed by atoms with E-state index in [4.69, 9.17) is 18.9 Å². The zero-order chi connectivity index (χ0) is 52.4. The van der Waals surface area contributed by atoms with Crippen molar-refractivity contribution in [3.63, 3.8) is 0 Å². The summed E-state index contributed by atoms with van der Waals surface area (Å²) in [4.78, 5) is 37.2. The molecule has 1 rings (SSSR count). The number of hydrogen-bond acceptors (Lipinski definition) is 10. The first-order valence-electron chi connectivity index (χ1n) is 31.1. The van der Waals surface area contributed by atoms with E-state index in [1.54, 1.807) is 0 Å². The van der Waals surface area contributed by atoms with Crippen LogP contribution in [0.15, 0.2) is 0 Å². The fraction of sp³-hybridized carbons (Fsp3) is 0.951. The SMILES string of the molecule is CCCCCCCCCCCCCCCCCCCCCCCCCCC(=O)OCC(COC1OC(C(=O)O)C(O)C(O)C1O)OC(=O)CCCCCCCCCCCCCCCCCCCCCCCC. The molecule has 6 unspecified atom stereocenters. The molecule has 1 fully saturated rings. The molecule has 0 aromatic heterocycles. The number of hydrogen-bond donors (Lipinski definition) is 4. The number of ether oxygens (including phenoxy) is 4. The molecular weight excluding hydrogens is 909 g/mol. The zero-order valence-electron chi connectivity index (χ0n) is 47.0. The number of aliphatic hydroxyl groups excluding tert-OH is 3. The Morgan fingerprint density at radius 3 is 0.944 bits per heavy atom. The van der Waals surface area contributed by atoms with Crippen molar-refractivity contribution in [1.82, 2.24) is 0 Å². The molecule has 1 aliphatic rings. The zero-order valence-corrected chi connectivity index (χ0v) is 47.0. The monoisotopic (exact) mass is 1020 g/mol. The maximum atomic E-state index is 12.9. The predicted molar refractivity (Wildman–Crippen MR) is 294 cm³/mol. The van der Waals surface area contributed by atoms with Crippen LogP contribution < -0.4 is 0 Å². The van der Waals surface area contributed by atoms with Gasteiger partial charge in [-0.2, -0.15) is 0 Å². The molecule has 0 saturated carbocycles. The summed E-state index contributed by atoms with van der Waals surface area (Å²) in [6, 6.07) is 0. The predicted octanol–water partition coefficient (Wildman–Crippen LogP) is 16.1. The van der Waals surface area contributed by atoms with Crippen molar-refractivity contribution < 1.29 is 53.8 Å². The number of carboxylic acids is 1. The van der Waals surface area contributed by atoms with Gasteiger partial charge in [0.05, 0.1) is 6.61 Å². The minimum absolute atomic E-state index is 0.192. The van der Waals surface area contributed by atoms with Crippen LogP contribution in [0.1, 0.15) is 322 Å². The lowest BCUT2D eigenvalue weighted by molar-refractivity contribution is -0.298. The summed E-state index contributed by atoms with van der Waals surface area (Å²) >= 11 is 0. The molecule has 0 spiro atoms. The van der Waals surface area contributed by atoms with E-state index in [2.05, 4.69) is 13.8 Å². The van der Waals surface area contributed by atoms with Gasteiger partial charge in [0.25, 0.3) is 0 Å².